The van der Waals surface area contributed by atoms with E-state index in [4.69, 9.17) is 16.7 Å². The number of rotatable bonds is 4. The first-order valence-electron chi connectivity index (χ1n) is 5.76. The molecule has 0 radical (unpaired) electrons. The van der Waals surface area contributed by atoms with Crippen LogP contribution in [0.15, 0.2) is 35.7 Å². The van der Waals surface area contributed by atoms with Gasteiger partial charge in [0.15, 0.2) is 6.04 Å². The van der Waals surface area contributed by atoms with Gasteiger partial charge in [0, 0.05) is 10.6 Å². The van der Waals surface area contributed by atoms with Crippen molar-refractivity contribution in [3.8, 4) is 0 Å². The van der Waals surface area contributed by atoms with Crippen LogP contribution in [0.2, 0.25) is 5.02 Å². The highest BCUT2D eigenvalue weighted by Crippen LogP contribution is 2.21. The molecule has 0 spiro atoms. The normalized spacial score (nSPS) is 11.7. The van der Waals surface area contributed by atoms with Gasteiger partial charge in [0.25, 0.3) is 0 Å². The van der Waals surface area contributed by atoms with Crippen molar-refractivity contribution in [1.29, 1.82) is 0 Å². The average molecular weight is 329 g/mol. The third-order valence-corrected chi connectivity index (χ3v) is 3.77. The molecule has 8 heteroatoms. The van der Waals surface area contributed by atoms with Gasteiger partial charge in [-0.25, -0.2) is 14.0 Å². The number of carboxylic acid groups (broad SMARTS) is 1. The first-order chi connectivity index (χ1) is 9.97. The topological polar surface area (TPSA) is 78.4 Å². The number of hydrogen-bond donors (Lipinski definition) is 3. The highest BCUT2D eigenvalue weighted by Gasteiger charge is 2.23. The summed E-state index contributed by atoms with van der Waals surface area (Å²) in [6.45, 7) is 0. The van der Waals surface area contributed by atoms with E-state index >= 15 is 0 Å². The number of carbonyl (C=O) groups is 2. The molecule has 1 aromatic heterocycles. The minimum Gasteiger partial charge on any atom is -0.479 e. The number of thiophene rings is 1. The molecular formula is C13H10ClFN2O3S. The summed E-state index contributed by atoms with van der Waals surface area (Å²) >= 11 is 6.74. The maximum atomic E-state index is 13.2. The summed E-state index contributed by atoms with van der Waals surface area (Å²) in [6.07, 6.45) is 0. The van der Waals surface area contributed by atoms with Crippen molar-refractivity contribution < 1.29 is 19.1 Å². The predicted molar refractivity (Wildman–Crippen MR) is 78.3 cm³/mol. The van der Waals surface area contributed by atoms with Gasteiger partial charge in [-0.3, -0.25) is 0 Å². The summed E-state index contributed by atoms with van der Waals surface area (Å²) in [5.74, 6) is -1.86. The summed E-state index contributed by atoms with van der Waals surface area (Å²) in [4.78, 5) is 23.4. The van der Waals surface area contributed by atoms with E-state index in [-0.39, 0.29) is 10.7 Å². The summed E-state index contributed by atoms with van der Waals surface area (Å²) in [7, 11) is 0. The first kappa shape index (κ1) is 15.3. The van der Waals surface area contributed by atoms with Crippen molar-refractivity contribution >= 4 is 40.6 Å². The molecule has 1 aromatic carbocycles. The number of anilines is 1. The standard InChI is InChI=1S/C13H10ClFN2O3S/c14-8-4-3-7(6-9(8)15)16-13(20)17-11(12(18)19)10-2-1-5-21-10/h1-6,11H,(H,18,19)(H2,16,17,20). The van der Waals surface area contributed by atoms with Crippen molar-refractivity contribution in [2.45, 2.75) is 6.04 Å². The van der Waals surface area contributed by atoms with Crippen molar-refractivity contribution in [3.05, 3.63) is 51.4 Å². The van der Waals surface area contributed by atoms with E-state index in [0.29, 0.717) is 4.88 Å². The minimum absolute atomic E-state index is 0.0667. The molecule has 0 bridgehead atoms. The van der Waals surface area contributed by atoms with Crippen LogP contribution in [0.3, 0.4) is 0 Å². The van der Waals surface area contributed by atoms with Gasteiger partial charge in [-0.15, -0.1) is 11.3 Å². The van der Waals surface area contributed by atoms with Gasteiger partial charge >= 0.3 is 12.0 Å². The van der Waals surface area contributed by atoms with Crippen LogP contribution in [0.25, 0.3) is 0 Å². The summed E-state index contributed by atoms with van der Waals surface area (Å²) in [6, 6.07) is 5.12. The van der Waals surface area contributed by atoms with Crippen LogP contribution < -0.4 is 10.6 Å². The fourth-order valence-corrected chi connectivity index (χ4v) is 2.47. The van der Waals surface area contributed by atoms with E-state index in [2.05, 4.69) is 10.6 Å². The fourth-order valence-electron chi connectivity index (χ4n) is 1.58. The van der Waals surface area contributed by atoms with E-state index < -0.39 is 23.9 Å². The molecule has 2 amide bonds. The summed E-state index contributed by atoms with van der Waals surface area (Å²) in [5.41, 5.74) is 0.171. The number of carboxylic acids is 1. The summed E-state index contributed by atoms with van der Waals surface area (Å²) in [5, 5.41) is 15.4. The number of benzene rings is 1. The number of aliphatic carboxylic acids is 1. The molecule has 110 valence electrons. The Morgan fingerprint density at radius 1 is 1.33 bits per heavy atom. The van der Waals surface area contributed by atoms with Crippen LogP contribution in [-0.4, -0.2) is 17.1 Å². The molecule has 1 heterocycles. The average Bonchev–Trinajstić information content (AvgIpc) is 2.93. The van der Waals surface area contributed by atoms with Crippen molar-refractivity contribution in [1.82, 2.24) is 5.32 Å². The van der Waals surface area contributed by atoms with Gasteiger partial charge in [0.1, 0.15) is 5.82 Å². The van der Waals surface area contributed by atoms with Crippen LogP contribution in [0.5, 0.6) is 0 Å². The zero-order chi connectivity index (χ0) is 15.4. The van der Waals surface area contributed by atoms with E-state index in [1.54, 1.807) is 17.5 Å². The summed E-state index contributed by atoms with van der Waals surface area (Å²) < 4.78 is 13.2. The maximum absolute atomic E-state index is 13.2. The molecule has 21 heavy (non-hydrogen) atoms. The van der Waals surface area contributed by atoms with Gasteiger partial charge in [0.2, 0.25) is 0 Å². The van der Waals surface area contributed by atoms with Crippen LogP contribution in [-0.2, 0) is 4.79 Å². The van der Waals surface area contributed by atoms with E-state index in [1.165, 1.54) is 23.5 Å². The molecule has 0 saturated heterocycles. The number of halogens is 2. The van der Waals surface area contributed by atoms with Gasteiger partial charge in [-0.2, -0.15) is 0 Å². The second-order valence-corrected chi connectivity index (χ2v) is 5.40. The Kier molecular flexibility index (Phi) is 4.77. The number of amides is 2. The van der Waals surface area contributed by atoms with Gasteiger partial charge in [-0.1, -0.05) is 17.7 Å². The van der Waals surface area contributed by atoms with Gasteiger partial charge in [0.05, 0.1) is 5.02 Å². The van der Waals surface area contributed by atoms with E-state index in [1.807, 2.05) is 0 Å². The zero-order valence-electron chi connectivity index (χ0n) is 10.5. The molecule has 0 aliphatic rings. The monoisotopic (exact) mass is 328 g/mol. The Hall–Kier alpha value is -2.12. The Morgan fingerprint density at radius 2 is 2.10 bits per heavy atom. The quantitative estimate of drug-likeness (QED) is 0.804. The Balaban J connectivity index is 2.06. The third-order valence-electron chi connectivity index (χ3n) is 2.53. The van der Waals surface area contributed by atoms with E-state index in [9.17, 15) is 14.0 Å². The molecule has 3 N–H and O–H groups in total. The second kappa shape index (κ2) is 6.55. The van der Waals surface area contributed by atoms with Gasteiger partial charge in [-0.05, 0) is 29.6 Å². The molecule has 5 nitrogen and oxygen atoms in total. The van der Waals surface area contributed by atoms with Crippen LogP contribution in [0.1, 0.15) is 10.9 Å². The number of hydrogen-bond acceptors (Lipinski definition) is 3. The number of urea groups is 1. The first-order valence-corrected chi connectivity index (χ1v) is 7.02. The Labute approximate surface area is 128 Å². The molecule has 0 fully saturated rings. The largest absolute Gasteiger partial charge is 0.479 e. The molecule has 0 aliphatic heterocycles. The van der Waals surface area contributed by atoms with Gasteiger partial charge < -0.3 is 15.7 Å². The van der Waals surface area contributed by atoms with Crippen molar-refractivity contribution in [2.24, 2.45) is 0 Å². The lowest BCUT2D eigenvalue weighted by Gasteiger charge is -2.14. The van der Waals surface area contributed by atoms with Crippen molar-refractivity contribution in [3.63, 3.8) is 0 Å². The Bertz CT molecular complexity index is 663. The number of carbonyl (C=O) groups excluding carboxylic acids is 1. The molecule has 0 saturated carbocycles. The van der Waals surface area contributed by atoms with Crippen LogP contribution in [0, 0.1) is 5.82 Å². The molecule has 1 atom stereocenters. The highest BCUT2D eigenvalue weighted by molar-refractivity contribution is 7.10. The molecule has 0 aliphatic carbocycles. The molecule has 2 rings (SSSR count). The van der Waals surface area contributed by atoms with Crippen LogP contribution >= 0.6 is 22.9 Å². The highest BCUT2D eigenvalue weighted by atomic mass is 35.5. The SMILES string of the molecule is O=C(Nc1ccc(Cl)c(F)c1)NC(C(=O)O)c1cccs1. The molecule has 1 unspecified atom stereocenters. The fraction of sp³-hybridized carbons (Fsp3) is 0.0769. The lowest BCUT2D eigenvalue weighted by Crippen LogP contribution is -2.36. The van der Waals surface area contributed by atoms with E-state index in [0.717, 1.165) is 6.07 Å². The predicted octanol–water partition coefficient (Wildman–Crippen LogP) is 3.49. The lowest BCUT2D eigenvalue weighted by molar-refractivity contribution is -0.139. The zero-order valence-corrected chi connectivity index (χ0v) is 12.0. The minimum atomic E-state index is -1.19. The Morgan fingerprint density at radius 3 is 2.67 bits per heavy atom. The third kappa shape index (κ3) is 3.93. The molecule has 2 aromatic rings. The second-order valence-electron chi connectivity index (χ2n) is 4.01. The number of nitrogens with one attached hydrogen (secondary N) is 2. The smallest absolute Gasteiger partial charge is 0.331 e. The maximum Gasteiger partial charge on any atom is 0.331 e. The van der Waals surface area contributed by atoms with Crippen LogP contribution in [0.4, 0.5) is 14.9 Å². The lowest BCUT2D eigenvalue weighted by atomic mass is 10.2. The molecular weight excluding hydrogens is 319 g/mol. The van der Waals surface area contributed by atoms with Crippen molar-refractivity contribution in [2.75, 3.05) is 5.32 Å².